The highest BCUT2D eigenvalue weighted by Gasteiger charge is 2.28. The van der Waals surface area contributed by atoms with Gasteiger partial charge in [0, 0.05) is 11.3 Å². The molecule has 3 rings (SSSR count). The summed E-state index contributed by atoms with van der Waals surface area (Å²) in [6.45, 7) is 4.04. The van der Waals surface area contributed by atoms with Crippen LogP contribution >= 0.6 is 11.8 Å². The Labute approximate surface area is 182 Å². The Bertz CT molecular complexity index is 945. The normalized spacial score (nSPS) is 13.8. The number of amides is 1. The fraction of sp³-hybridized carbons (Fsp3) is 0.231. The second-order valence-corrected chi connectivity index (χ2v) is 8.40. The fourth-order valence-corrected chi connectivity index (χ4v) is 4.48. The van der Waals surface area contributed by atoms with E-state index in [9.17, 15) is 9.59 Å². The Hall–Kier alpha value is -2.85. The molecule has 3 aromatic carbocycles. The lowest BCUT2D eigenvalue weighted by Crippen LogP contribution is -2.36. The molecule has 4 heteroatoms. The number of carbonyl (C=O) groups excluding carboxylic acids is 2. The number of benzene rings is 3. The van der Waals surface area contributed by atoms with Crippen LogP contribution in [-0.4, -0.2) is 16.8 Å². The fourth-order valence-electron chi connectivity index (χ4n) is 3.40. The van der Waals surface area contributed by atoms with Crippen molar-refractivity contribution in [2.75, 3.05) is 5.75 Å². The predicted octanol–water partition coefficient (Wildman–Crippen LogP) is 5.86. The predicted molar refractivity (Wildman–Crippen MR) is 125 cm³/mol. The average molecular weight is 418 g/mol. The van der Waals surface area contributed by atoms with Gasteiger partial charge in [-0.1, -0.05) is 110 Å². The Kier molecular flexibility index (Phi) is 7.86. The van der Waals surface area contributed by atoms with Crippen LogP contribution in [0.1, 0.15) is 47.3 Å². The van der Waals surface area contributed by atoms with Crippen molar-refractivity contribution in [2.24, 2.45) is 5.92 Å². The van der Waals surface area contributed by atoms with Crippen molar-refractivity contribution in [3.05, 3.63) is 108 Å². The summed E-state index contributed by atoms with van der Waals surface area (Å²) < 4.78 is 0. The van der Waals surface area contributed by atoms with Gasteiger partial charge in [-0.05, 0) is 24.0 Å². The molecule has 0 saturated carbocycles. The molecule has 3 atom stereocenters. The topological polar surface area (TPSA) is 46.2 Å². The van der Waals surface area contributed by atoms with E-state index in [0.29, 0.717) is 11.3 Å². The first-order valence-corrected chi connectivity index (χ1v) is 11.2. The Balaban J connectivity index is 1.74. The molecule has 1 amide bonds. The van der Waals surface area contributed by atoms with E-state index in [1.54, 1.807) is 0 Å². The number of rotatable bonds is 8. The minimum atomic E-state index is -0.323. The van der Waals surface area contributed by atoms with Gasteiger partial charge in [0.15, 0.2) is 0 Å². The lowest BCUT2D eigenvalue weighted by Gasteiger charge is -2.25. The van der Waals surface area contributed by atoms with Gasteiger partial charge in [0.2, 0.25) is 11.0 Å². The minimum absolute atomic E-state index is 0.00903. The first-order valence-electron chi connectivity index (χ1n) is 10.2. The van der Waals surface area contributed by atoms with Crippen LogP contribution in [0.2, 0.25) is 0 Å². The van der Waals surface area contributed by atoms with Crippen LogP contribution in [0.15, 0.2) is 91.0 Å². The maximum Gasteiger partial charge on any atom is 0.225 e. The molecule has 0 aliphatic rings. The van der Waals surface area contributed by atoms with Crippen LogP contribution in [0.3, 0.4) is 0 Å². The molecule has 0 aromatic heterocycles. The summed E-state index contributed by atoms with van der Waals surface area (Å²) in [4.78, 5) is 25.9. The zero-order chi connectivity index (χ0) is 21.3. The van der Waals surface area contributed by atoms with Crippen molar-refractivity contribution in [1.29, 1.82) is 0 Å². The molecular weight excluding hydrogens is 390 g/mol. The number of carbonyl (C=O) groups is 2. The molecular formula is C26H27NO2S. The van der Waals surface area contributed by atoms with Crippen LogP contribution in [-0.2, 0) is 4.79 Å². The smallest absolute Gasteiger partial charge is 0.225 e. The maximum atomic E-state index is 13.3. The van der Waals surface area contributed by atoms with E-state index < -0.39 is 0 Å². The third-order valence-electron chi connectivity index (χ3n) is 5.33. The summed E-state index contributed by atoms with van der Waals surface area (Å²) >= 11 is 1.21. The van der Waals surface area contributed by atoms with E-state index in [-0.39, 0.29) is 28.9 Å². The molecule has 0 heterocycles. The first kappa shape index (κ1) is 21.8. The largest absolute Gasteiger partial charge is 0.349 e. The number of nitrogens with one attached hydrogen (secondary N) is 1. The highest BCUT2D eigenvalue weighted by Crippen LogP contribution is 2.29. The van der Waals surface area contributed by atoms with Crippen LogP contribution < -0.4 is 5.32 Å². The third-order valence-corrected chi connectivity index (χ3v) is 6.35. The molecule has 30 heavy (non-hydrogen) atoms. The molecule has 1 N–H and O–H groups in total. The van der Waals surface area contributed by atoms with E-state index in [4.69, 9.17) is 0 Å². The molecule has 154 valence electrons. The summed E-state index contributed by atoms with van der Waals surface area (Å²) in [6, 6.07) is 29.0. The van der Waals surface area contributed by atoms with Crippen molar-refractivity contribution in [2.45, 2.75) is 25.8 Å². The highest BCUT2D eigenvalue weighted by molar-refractivity contribution is 8.14. The van der Waals surface area contributed by atoms with Gasteiger partial charge in [-0.2, -0.15) is 0 Å². The van der Waals surface area contributed by atoms with Crippen LogP contribution in [0.4, 0.5) is 0 Å². The summed E-state index contributed by atoms with van der Waals surface area (Å²) in [5, 5.41) is 3.14. The quantitative estimate of drug-likeness (QED) is 0.499. The number of thioether (sulfide) groups is 1. The zero-order valence-electron chi connectivity index (χ0n) is 17.3. The van der Waals surface area contributed by atoms with Gasteiger partial charge in [-0.3, -0.25) is 9.59 Å². The molecule has 0 spiro atoms. The summed E-state index contributed by atoms with van der Waals surface area (Å²) in [6.07, 6.45) is 0. The first-order chi connectivity index (χ1) is 14.6. The molecule has 0 bridgehead atoms. The van der Waals surface area contributed by atoms with Crippen molar-refractivity contribution < 1.29 is 9.59 Å². The Morgan fingerprint density at radius 2 is 1.27 bits per heavy atom. The molecule has 0 fully saturated rings. The second-order valence-electron chi connectivity index (χ2n) is 7.41. The molecule has 0 radical (unpaired) electrons. The van der Waals surface area contributed by atoms with Gasteiger partial charge in [-0.25, -0.2) is 0 Å². The SMILES string of the molecule is CC(c1ccccc1)C(CSC(=O)c1ccccc1)C(=O)N[C@@H](C)c1ccccc1. The van der Waals surface area contributed by atoms with Gasteiger partial charge < -0.3 is 5.32 Å². The maximum absolute atomic E-state index is 13.3. The van der Waals surface area contributed by atoms with Gasteiger partial charge in [0.05, 0.1) is 12.0 Å². The van der Waals surface area contributed by atoms with E-state index >= 15 is 0 Å². The van der Waals surface area contributed by atoms with Crippen LogP contribution in [0, 0.1) is 5.92 Å². The summed E-state index contributed by atoms with van der Waals surface area (Å²) in [7, 11) is 0. The summed E-state index contributed by atoms with van der Waals surface area (Å²) in [5.41, 5.74) is 2.81. The van der Waals surface area contributed by atoms with Crippen molar-refractivity contribution in [1.82, 2.24) is 5.32 Å². The Morgan fingerprint density at radius 1 is 0.767 bits per heavy atom. The van der Waals surface area contributed by atoms with E-state index in [1.807, 2.05) is 97.9 Å². The van der Waals surface area contributed by atoms with E-state index in [1.165, 1.54) is 11.8 Å². The van der Waals surface area contributed by atoms with Gasteiger partial charge >= 0.3 is 0 Å². The van der Waals surface area contributed by atoms with Crippen LogP contribution in [0.5, 0.6) is 0 Å². The molecule has 0 aliphatic carbocycles. The molecule has 3 aromatic rings. The second kappa shape index (κ2) is 10.8. The van der Waals surface area contributed by atoms with Crippen molar-refractivity contribution >= 4 is 22.8 Å². The van der Waals surface area contributed by atoms with Crippen molar-refractivity contribution in [3.63, 3.8) is 0 Å². The van der Waals surface area contributed by atoms with E-state index in [0.717, 1.165) is 11.1 Å². The molecule has 0 saturated heterocycles. The average Bonchev–Trinajstić information content (AvgIpc) is 2.80. The molecule has 2 unspecified atom stereocenters. The lowest BCUT2D eigenvalue weighted by atomic mass is 9.88. The van der Waals surface area contributed by atoms with E-state index in [2.05, 4.69) is 12.2 Å². The molecule has 3 nitrogen and oxygen atoms in total. The lowest BCUT2D eigenvalue weighted by molar-refractivity contribution is -0.125. The highest BCUT2D eigenvalue weighted by atomic mass is 32.2. The summed E-state index contributed by atoms with van der Waals surface area (Å²) in [5.74, 6) is 0.0643. The molecule has 0 aliphatic heterocycles. The van der Waals surface area contributed by atoms with Gasteiger partial charge in [0.25, 0.3) is 0 Å². The van der Waals surface area contributed by atoms with Gasteiger partial charge in [-0.15, -0.1) is 0 Å². The minimum Gasteiger partial charge on any atom is -0.349 e. The number of hydrogen-bond donors (Lipinski definition) is 1. The van der Waals surface area contributed by atoms with Gasteiger partial charge in [0.1, 0.15) is 0 Å². The standard InChI is InChI=1S/C26H27NO2S/c1-19(21-12-6-3-7-13-21)24(18-30-26(29)23-16-10-5-11-17-23)25(28)27-20(2)22-14-8-4-9-15-22/h3-17,19-20,24H,18H2,1-2H3,(H,27,28)/t19?,20-,24?/m0/s1. The zero-order valence-corrected chi connectivity index (χ0v) is 18.1. The monoisotopic (exact) mass is 417 g/mol. The van der Waals surface area contributed by atoms with Crippen molar-refractivity contribution in [3.8, 4) is 0 Å². The third kappa shape index (κ3) is 5.83. The number of hydrogen-bond acceptors (Lipinski definition) is 3. The Morgan fingerprint density at radius 3 is 1.83 bits per heavy atom. The van der Waals surface area contributed by atoms with Crippen LogP contribution in [0.25, 0.3) is 0 Å².